The summed E-state index contributed by atoms with van der Waals surface area (Å²) in [5.74, 6) is -1.45. The number of ketones is 1. The molecule has 0 aromatic heterocycles. The number of fused-ring (bicyclic) bond motifs is 13. The van der Waals surface area contributed by atoms with E-state index in [1.165, 1.54) is 6.92 Å². The molecule has 2 heterocycles. The molecule has 4 amide bonds. The fraction of sp³-hybridized carbons (Fsp3) is 0.583. The highest BCUT2D eigenvalue weighted by Gasteiger charge is 2.29. The van der Waals surface area contributed by atoms with Crippen LogP contribution in [0.25, 0.3) is 0 Å². The molecule has 0 radical (unpaired) electrons. The van der Waals surface area contributed by atoms with Crippen molar-refractivity contribution in [3.63, 3.8) is 0 Å². The maximum atomic E-state index is 13.7. The van der Waals surface area contributed by atoms with Crippen molar-refractivity contribution in [2.45, 2.75) is 110 Å². The van der Waals surface area contributed by atoms with E-state index in [9.17, 15) is 28.8 Å². The number of carbonyl (C=O) groups excluding carboxylic acids is 6. The van der Waals surface area contributed by atoms with Gasteiger partial charge in [-0.15, -0.1) is 0 Å². The summed E-state index contributed by atoms with van der Waals surface area (Å²) >= 11 is 0. The second-order valence-corrected chi connectivity index (χ2v) is 14.1. The van der Waals surface area contributed by atoms with Crippen molar-refractivity contribution in [1.82, 2.24) is 21.3 Å². The third-order valence-electron chi connectivity index (χ3n) is 7.06. The molecule has 2 aliphatic heterocycles. The Bertz CT molecular complexity index is 1360. The van der Waals surface area contributed by atoms with Crippen LogP contribution in [0.5, 0.6) is 5.75 Å². The van der Waals surface area contributed by atoms with Gasteiger partial charge in [0.1, 0.15) is 30.2 Å². The van der Waals surface area contributed by atoms with Gasteiger partial charge in [0.15, 0.2) is 5.78 Å². The lowest BCUT2D eigenvalue weighted by Crippen LogP contribution is -2.47. The number of nitrogens with zero attached hydrogens (tertiary/aromatic N) is 1. The third-order valence-corrected chi connectivity index (χ3v) is 7.06. The van der Waals surface area contributed by atoms with Gasteiger partial charge in [-0.2, -0.15) is 0 Å². The van der Waals surface area contributed by atoms with Crippen LogP contribution < -0.4 is 26.0 Å². The van der Waals surface area contributed by atoms with Gasteiger partial charge < -0.3 is 29.6 Å². The second kappa shape index (κ2) is 20.7. The molecule has 0 spiro atoms. The molecule has 0 unspecified atom stereocenters. The van der Waals surface area contributed by atoms with Crippen LogP contribution in [-0.4, -0.2) is 85.3 Å². The molecule has 4 N–H and O–H groups in total. The van der Waals surface area contributed by atoms with Crippen LogP contribution in [0, 0.1) is 5.92 Å². The van der Waals surface area contributed by atoms with Crippen molar-refractivity contribution in [2.24, 2.45) is 10.9 Å². The summed E-state index contributed by atoms with van der Waals surface area (Å²) in [7, 11) is 0. The molecule has 3 atom stereocenters. The standard InChI is InChI=1S/C36H53N5O10/c1-24(43)38-29-20-25-14-16-28(17-15-25)49-19-11-9-13-27(22-48-23-42)39-31(45)26(21-30(29)44)12-8-10-18-37-32(40-33(46)50-35(2,3)4)41-34(47)51-36(5,6)7/h9,11,14-17,23,26-27,29H,8,10,12-13,18-22H2,1-7H3,(H,38,43)(H,39,45)(H2,37,40,41,46,47)/t26-,27+,29+/m1/s1. The predicted molar refractivity (Wildman–Crippen MR) is 189 cm³/mol. The molecular weight excluding hydrogens is 662 g/mol. The van der Waals surface area contributed by atoms with Crippen LogP contribution >= 0.6 is 0 Å². The molecule has 0 fully saturated rings. The van der Waals surface area contributed by atoms with E-state index in [0.717, 1.165) is 5.56 Å². The van der Waals surface area contributed by atoms with E-state index in [0.29, 0.717) is 31.5 Å². The minimum atomic E-state index is -0.874. The van der Waals surface area contributed by atoms with E-state index in [-0.39, 0.29) is 56.7 Å². The third kappa shape index (κ3) is 18.6. The first-order valence-electron chi connectivity index (χ1n) is 17.0. The Balaban J connectivity index is 2.26. The summed E-state index contributed by atoms with van der Waals surface area (Å²) in [6.45, 7) is 12.1. The summed E-state index contributed by atoms with van der Waals surface area (Å²) in [4.78, 5) is 79.5. The van der Waals surface area contributed by atoms with Crippen LogP contribution in [0.4, 0.5) is 9.59 Å². The van der Waals surface area contributed by atoms with Crippen molar-refractivity contribution in [1.29, 1.82) is 0 Å². The number of nitrogens with one attached hydrogen (secondary N) is 4. The first-order valence-corrected chi connectivity index (χ1v) is 17.0. The highest BCUT2D eigenvalue weighted by atomic mass is 16.6. The molecule has 3 rings (SSSR count). The lowest BCUT2D eigenvalue weighted by molar-refractivity contribution is -0.134. The first kappa shape index (κ1) is 42.2. The smallest absolute Gasteiger partial charge is 0.414 e. The van der Waals surface area contributed by atoms with E-state index in [4.69, 9.17) is 18.9 Å². The number of aliphatic imine (C=N–C) groups is 1. The molecule has 51 heavy (non-hydrogen) atoms. The van der Waals surface area contributed by atoms with Gasteiger partial charge in [-0.05, 0) is 84.9 Å². The van der Waals surface area contributed by atoms with Crippen molar-refractivity contribution in [3.8, 4) is 5.75 Å². The fourth-order valence-electron chi connectivity index (χ4n) is 4.88. The lowest BCUT2D eigenvalue weighted by Gasteiger charge is -2.23. The van der Waals surface area contributed by atoms with Crippen molar-refractivity contribution < 1.29 is 47.7 Å². The highest BCUT2D eigenvalue weighted by molar-refractivity contribution is 6.01. The molecule has 0 aliphatic carbocycles. The van der Waals surface area contributed by atoms with E-state index in [1.54, 1.807) is 59.8 Å². The van der Waals surface area contributed by atoms with Crippen molar-refractivity contribution in [2.75, 3.05) is 19.8 Å². The van der Waals surface area contributed by atoms with Crippen LogP contribution in [0.2, 0.25) is 0 Å². The van der Waals surface area contributed by atoms with Gasteiger partial charge in [-0.1, -0.05) is 30.7 Å². The predicted octanol–water partition coefficient (Wildman–Crippen LogP) is 3.88. The Morgan fingerprint density at radius 3 is 2.14 bits per heavy atom. The summed E-state index contributed by atoms with van der Waals surface area (Å²) in [6.07, 6.45) is 3.46. The summed E-state index contributed by atoms with van der Waals surface area (Å²) in [6, 6.07) is 5.76. The number of alkyl carbamates (subject to hydrolysis) is 2. The minimum Gasteiger partial charge on any atom is -0.490 e. The van der Waals surface area contributed by atoms with Gasteiger partial charge in [-0.25, -0.2) is 9.59 Å². The molecule has 0 saturated carbocycles. The zero-order valence-corrected chi connectivity index (χ0v) is 30.7. The Labute approximate surface area is 299 Å². The van der Waals surface area contributed by atoms with Gasteiger partial charge in [0.25, 0.3) is 6.47 Å². The maximum absolute atomic E-state index is 13.7. The van der Waals surface area contributed by atoms with Gasteiger partial charge in [0.2, 0.25) is 17.8 Å². The van der Waals surface area contributed by atoms with Gasteiger partial charge in [0, 0.05) is 25.8 Å². The topological polar surface area (TPSA) is 200 Å². The molecular formula is C36H53N5O10. The second-order valence-electron chi connectivity index (χ2n) is 14.1. The fourth-order valence-corrected chi connectivity index (χ4v) is 4.88. The monoisotopic (exact) mass is 715 g/mol. The highest BCUT2D eigenvalue weighted by Crippen LogP contribution is 2.19. The van der Waals surface area contributed by atoms with Crippen LogP contribution in [0.1, 0.15) is 86.1 Å². The molecule has 15 nitrogen and oxygen atoms in total. The quantitative estimate of drug-likeness (QED) is 0.0727. The number of hydrogen-bond donors (Lipinski definition) is 4. The Kier molecular flexibility index (Phi) is 17.1. The van der Waals surface area contributed by atoms with E-state index in [2.05, 4.69) is 26.3 Å². The van der Waals surface area contributed by atoms with Crippen LogP contribution in [0.3, 0.4) is 0 Å². The number of guanidine groups is 1. The zero-order chi connectivity index (χ0) is 38.0. The molecule has 282 valence electrons. The van der Waals surface area contributed by atoms with Crippen molar-refractivity contribution in [3.05, 3.63) is 42.0 Å². The first-order chi connectivity index (χ1) is 23.9. The number of carbonyl (C=O) groups is 6. The SMILES string of the molecule is CC(=O)N[C@H]1Cc2ccc(cc2)OCC=CC[C@@H](COC=O)NC(=O)[C@H](CCCCN=C(NC(=O)OC(C)(C)C)NC(=O)OC(C)(C)C)CC1=O. The number of hydrogen-bond acceptors (Lipinski definition) is 11. The van der Waals surface area contributed by atoms with E-state index >= 15 is 0 Å². The minimum absolute atomic E-state index is 0.0798. The van der Waals surface area contributed by atoms with Gasteiger partial charge in [-0.3, -0.25) is 34.8 Å². The molecule has 2 bridgehead atoms. The number of Topliss-reactive ketones (excluding diaryl/α,β-unsaturated/α-hetero) is 1. The molecule has 15 heteroatoms. The van der Waals surface area contributed by atoms with Crippen molar-refractivity contribution >= 4 is 42.2 Å². The summed E-state index contributed by atoms with van der Waals surface area (Å²) in [5.41, 5.74) is -0.791. The van der Waals surface area contributed by atoms with Gasteiger partial charge >= 0.3 is 12.2 Å². The number of benzene rings is 1. The normalized spacial score (nSPS) is 18.6. The average Bonchev–Trinajstić information content (AvgIpc) is 3.00. The lowest BCUT2D eigenvalue weighted by atomic mass is 9.90. The average molecular weight is 716 g/mol. The van der Waals surface area contributed by atoms with Crippen LogP contribution in [0.15, 0.2) is 41.4 Å². The molecule has 1 aromatic carbocycles. The zero-order valence-electron chi connectivity index (χ0n) is 30.7. The molecule has 0 saturated heterocycles. The summed E-state index contributed by atoms with van der Waals surface area (Å²) < 4.78 is 21.3. The number of rotatable bonds is 9. The Hall–Kier alpha value is -4.95. The van der Waals surface area contributed by atoms with E-state index in [1.807, 2.05) is 18.2 Å². The molecule has 1 aromatic rings. The van der Waals surface area contributed by atoms with Crippen LogP contribution in [-0.2, 0) is 39.8 Å². The number of amides is 4. The van der Waals surface area contributed by atoms with E-state index < -0.39 is 47.3 Å². The maximum Gasteiger partial charge on any atom is 0.414 e. The largest absolute Gasteiger partial charge is 0.490 e. The molecule has 2 aliphatic rings. The van der Waals surface area contributed by atoms with Gasteiger partial charge in [0.05, 0.1) is 12.1 Å². The number of unbranched alkanes of at least 4 members (excludes halogenated alkanes) is 1. The Morgan fingerprint density at radius 1 is 0.941 bits per heavy atom. The summed E-state index contributed by atoms with van der Waals surface area (Å²) in [5, 5.41) is 10.5. The Morgan fingerprint density at radius 2 is 1.57 bits per heavy atom. The number of ether oxygens (including phenoxy) is 4.